The number of carbonyl (C=O) groups excluding carboxylic acids is 2. The third-order valence-corrected chi connectivity index (χ3v) is 8.29. The Labute approximate surface area is 210 Å². The van der Waals surface area contributed by atoms with Crippen molar-refractivity contribution >= 4 is 29.7 Å². The van der Waals surface area contributed by atoms with Gasteiger partial charge in [0, 0.05) is 23.4 Å². The van der Waals surface area contributed by atoms with Crippen LogP contribution in [-0.2, 0) is 17.9 Å². The molecule has 6 heteroatoms. The second-order valence-electron chi connectivity index (χ2n) is 9.26. The Balaban J connectivity index is 1.33. The number of hydrogen-bond acceptors (Lipinski definition) is 4. The van der Waals surface area contributed by atoms with Crippen LogP contribution in [0.15, 0.2) is 76.2 Å². The van der Waals surface area contributed by atoms with Crippen LogP contribution in [0.3, 0.4) is 0 Å². The van der Waals surface area contributed by atoms with E-state index in [1.807, 2.05) is 36.4 Å². The number of thioether (sulfide) groups is 1. The normalized spacial score (nSPS) is 21.1. The van der Waals surface area contributed by atoms with E-state index in [-0.39, 0.29) is 11.8 Å². The minimum Gasteiger partial charge on any atom is -0.467 e. The third kappa shape index (κ3) is 5.38. The van der Waals surface area contributed by atoms with Crippen LogP contribution >= 0.6 is 11.8 Å². The molecule has 1 N–H and O–H groups in total. The summed E-state index contributed by atoms with van der Waals surface area (Å²) in [6, 6.07) is 19.7. The van der Waals surface area contributed by atoms with E-state index in [2.05, 4.69) is 29.3 Å². The molecule has 0 spiro atoms. The van der Waals surface area contributed by atoms with Crippen molar-refractivity contribution in [1.29, 1.82) is 0 Å². The van der Waals surface area contributed by atoms with Gasteiger partial charge in [-0.15, -0.1) is 11.8 Å². The third-order valence-electron chi connectivity index (χ3n) is 6.89. The lowest BCUT2D eigenvalue weighted by Crippen LogP contribution is -2.50. The minimum atomic E-state index is -0.154. The molecule has 2 atom stereocenters. The molecule has 2 aromatic carbocycles. The van der Waals surface area contributed by atoms with Gasteiger partial charge < -0.3 is 14.6 Å². The molecule has 0 bridgehead atoms. The van der Waals surface area contributed by atoms with Crippen LogP contribution in [0.5, 0.6) is 0 Å². The number of carbonyl (C=O) groups is 2. The molecule has 2 unspecified atom stereocenters. The summed E-state index contributed by atoms with van der Waals surface area (Å²) < 4.78 is 5.26. The molecule has 1 aliphatic heterocycles. The van der Waals surface area contributed by atoms with Crippen molar-refractivity contribution in [2.45, 2.75) is 57.0 Å². The van der Waals surface area contributed by atoms with Crippen LogP contribution in [0.25, 0.3) is 6.08 Å². The standard InChI is InChI=1S/C29H30N2O3S/c1-20-7-2-3-8-23(20)19-31-25-10-4-5-11-26(25)35-27(29(31)33)17-21-12-14-22(15-13-21)28(32)30-18-24-9-6-16-34-24/h2-3,6-9,12-17,25-26H,4-5,10-11,18-19H2,1H3,(H,30,32)/b27-17+. The quantitative estimate of drug-likeness (QED) is 0.438. The van der Waals surface area contributed by atoms with Gasteiger partial charge in [0.25, 0.3) is 11.8 Å². The lowest BCUT2D eigenvalue weighted by molar-refractivity contribution is -0.130. The van der Waals surface area contributed by atoms with Crippen molar-refractivity contribution in [3.05, 3.63) is 99.8 Å². The first-order chi connectivity index (χ1) is 17.1. The highest BCUT2D eigenvalue weighted by molar-refractivity contribution is 8.04. The number of aryl methyl sites for hydroxylation is 1. The van der Waals surface area contributed by atoms with Crippen molar-refractivity contribution in [2.75, 3.05) is 0 Å². The number of benzene rings is 2. The number of nitrogens with one attached hydrogen (secondary N) is 1. The summed E-state index contributed by atoms with van der Waals surface area (Å²) in [5.41, 5.74) is 3.93. The maximum atomic E-state index is 13.6. The Morgan fingerprint density at radius 2 is 1.89 bits per heavy atom. The topological polar surface area (TPSA) is 62.6 Å². The largest absolute Gasteiger partial charge is 0.467 e. The molecule has 180 valence electrons. The van der Waals surface area contributed by atoms with Gasteiger partial charge in [-0.25, -0.2) is 0 Å². The molecule has 2 fully saturated rings. The number of amides is 2. The summed E-state index contributed by atoms with van der Waals surface area (Å²) in [4.78, 5) is 29.0. The number of fused-ring (bicyclic) bond motifs is 1. The maximum Gasteiger partial charge on any atom is 0.260 e. The van der Waals surface area contributed by atoms with E-state index < -0.39 is 0 Å². The fourth-order valence-electron chi connectivity index (χ4n) is 4.90. The lowest BCUT2D eigenvalue weighted by Gasteiger charge is -2.44. The molecular formula is C29H30N2O3S. The molecule has 0 radical (unpaired) electrons. The van der Waals surface area contributed by atoms with Gasteiger partial charge in [0.15, 0.2) is 0 Å². The Hall–Kier alpha value is -3.25. The van der Waals surface area contributed by atoms with E-state index in [1.165, 1.54) is 24.0 Å². The summed E-state index contributed by atoms with van der Waals surface area (Å²) >= 11 is 1.73. The van der Waals surface area contributed by atoms with Crippen LogP contribution in [0.1, 0.15) is 58.5 Å². The van der Waals surface area contributed by atoms with Crippen LogP contribution < -0.4 is 5.32 Å². The van der Waals surface area contributed by atoms with Crippen molar-refractivity contribution < 1.29 is 14.0 Å². The number of hydrogen-bond donors (Lipinski definition) is 1. The fourth-order valence-corrected chi connectivity index (χ4v) is 6.37. The Bertz CT molecular complexity index is 1220. The monoisotopic (exact) mass is 486 g/mol. The zero-order valence-corrected chi connectivity index (χ0v) is 20.7. The van der Waals surface area contributed by atoms with Crippen molar-refractivity contribution in [2.24, 2.45) is 0 Å². The van der Waals surface area contributed by atoms with Crippen molar-refractivity contribution in [1.82, 2.24) is 10.2 Å². The second-order valence-corrected chi connectivity index (χ2v) is 10.5. The van der Waals surface area contributed by atoms with Gasteiger partial charge in [0.1, 0.15) is 5.76 Å². The molecule has 2 heterocycles. The molecule has 3 aromatic rings. The second kappa shape index (κ2) is 10.6. The van der Waals surface area contributed by atoms with Gasteiger partial charge in [-0.2, -0.15) is 0 Å². The Morgan fingerprint density at radius 1 is 1.09 bits per heavy atom. The number of rotatable bonds is 6. The first-order valence-corrected chi connectivity index (χ1v) is 13.1. The SMILES string of the molecule is Cc1ccccc1CN1C(=O)/C(=C\c2ccc(C(=O)NCc3ccco3)cc2)SC2CCCCC21. The lowest BCUT2D eigenvalue weighted by atomic mass is 9.92. The molecule has 2 aliphatic rings. The van der Waals surface area contributed by atoms with Crippen LogP contribution in [-0.4, -0.2) is 28.0 Å². The highest BCUT2D eigenvalue weighted by Gasteiger charge is 2.40. The smallest absolute Gasteiger partial charge is 0.260 e. The molecule has 35 heavy (non-hydrogen) atoms. The summed E-state index contributed by atoms with van der Waals surface area (Å²) in [6.45, 7) is 3.11. The first-order valence-electron chi connectivity index (χ1n) is 12.2. The van der Waals surface area contributed by atoms with E-state index in [4.69, 9.17) is 4.42 Å². The molecule has 1 saturated carbocycles. The van der Waals surface area contributed by atoms with Crippen molar-refractivity contribution in [3.63, 3.8) is 0 Å². The maximum absolute atomic E-state index is 13.6. The van der Waals surface area contributed by atoms with Gasteiger partial charge in [0.2, 0.25) is 0 Å². The van der Waals surface area contributed by atoms with Crippen LogP contribution in [0.2, 0.25) is 0 Å². The summed E-state index contributed by atoms with van der Waals surface area (Å²) in [5, 5.41) is 3.29. The number of nitrogens with zero attached hydrogens (tertiary/aromatic N) is 1. The summed E-state index contributed by atoms with van der Waals surface area (Å²) in [6.07, 6.45) is 8.18. The molecule has 5 nitrogen and oxygen atoms in total. The van der Waals surface area contributed by atoms with Crippen LogP contribution in [0, 0.1) is 6.92 Å². The molecule has 1 aromatic heterocycles. The van der Waals surface area contributed by atoms with Gasteiger partial charge in [-0.05, 0) is 66.8 Å². The van der Waals surface area contributed by atoms with E-state index in [0.29, 0.717) is 35.7 Å². The highest BCUT2D eigenvalue weighted by atomic mass is 32.2. The average Bonchev–Trinajstić information content (AvgIpc) is 3.40. The summed E-state index contributed by atoms with van der Waals surface area (Å²) in [7, 11) is 0. The first kappa shape index (κ1) is 23.5. The molecule has 1 saturated heterocycles. The van der Waals surface area contributed by atoms with Gasteiger partial charge >= 0.3 is 0 Å². The Kier molecular flexibility index (Phi) is 7.09. The van der Waals surface area contributed by atoms with E-state index in [0.717, 1.165) is 23.3 Å². The van der Waals surface area contributed by atoms with Crippen molar-refractivity contribution in [3.8, 4) is 0 Å². The van der Waals surface area contributed by atoms with Crippen LogP contribution in [0.4, 0.5) is 0 Å². The van der Waals surface area contributed by atoms with E-state index in [9.17, 15) is 9.59 Å². The molecule has 2 amide bonds. The summed E-state index contributed by atoms with van der Waals surface area (Å²) in [5.74, 6) is 0.670. The van der Waals surface area contributed by atoms with Gasteiger partial charge in [-0.3, -0.25) is 9.59 Å². The zero-order valence-electron chi connectivity index (χ0n) is 19.9. The predicted molar refractivity (Wildman–Crippen MR) is 140 cm³/mol. The zero-order chi connectivity index (χ0) is 24.2. The average molecular weight is 487 g/mol. The fraction of sp³-hybridized carbons (Fsp3) is 0.310. The van der Waals surface area contributed by atoms with Gasteiger partial charge in [0.05, 0.1) is 17.7 Å². The Morgan fingerprint density at radius 3 is 2.66 bits per heavy atom. The van der Waals surface area contributed by atoms with E-state index >= 15 is 0 Å². The molecule has 5 rings (SSSR count). The minimum absolute atomic E-state index is 0.113. The molecule has 1 aliphatic carbocycles. The highest BCUT2D eigenvalue weighted by Crippen LogP contribution is 2.42. The molecular weight excluding hydrogens is 456 g/mol. The predicted octanol–water partition coefficient (Wildman–Crippen LogP) is 5.95. The van der Waals surface area contributed by atoms with Gasteiger partial charge in [-0.1, -0.05) is 49.2 Å². The van der Waals surface area contributed by atoms with E-state index in [1.54, 1.807) is 36.2 Å². The number of furan rings is 1.